The summed E-state index contributed by atoms with van der Waals surface area (Å²) in [5.41, 5.74) is 14.6. The third kappa shape index (κ3) is 5.67. The van der Waals surface area contributed by atoms with E-state index in [0.717, 1.165) is 29.6 Å². The first-order valence-electron chi connectivity index (χ1n) is 17.1. The van der Waals surface area contributed by atoms with Gasteiger partial charge in [-0.2, -0.15) is 0 Å². The number of aryl methyl sites for hydroxylation is 1. The van der Waals surface area contributed by atoms with E-state index in [1.54, 1.807) is 34.6 Å². The summed E-state index contributed by atoms with van der Waals surface area (Å²) in [6, 6.07) is 2.97. The number of aromatic hydroxyl groups is 1. The van der Waals surface area contributed by atoms with Crippen molar-refractivity contribution >= 4 is 38.5 Å². The van der Waals surface area contributed by atoms with E-state index in [4.69, 9.17) is 30.1 Å². The van der Waals surface area contributed by atoms with Crippen LogP contribution in [0.5, 0.6) is 11.5 Å². The summed E-state index contributed by atoms with van der Waals surface area (Å²) >= 11 is 0. The summed E-state index contributed by atoms with van der Waals surface area (Å²) in [5, 5.41) is 18.5. The third-order valence-electron chi connectivity index (χ3n) is 10.8. The number of fused-ring (bicyclic) bond motifs is 7. The number of hydrogen-bond acceptors (Lipinski definition) is 13. The maximum Gasteiger partial charge on any atom is 0.341 e. The summed E-state index contributed by atoms with van der Waals surface area (Å²) in [4.78, 5) is 27.3. The maximum absolute atomic E-state index is 14.3. The van der Waals surface area contributed by atoms with Crippen molar-refractivity contribution in [2.75, 3.05) is 18.1 Å². The molecule has 1 spiro atoms. The van der Waals surface area contributed by atoms with Gasteiger partial charge in [0.2, 0.25) is 0 Å². The maximum atomic E-state index is 14.3. The SMILES string of the molecule is Cc1cc(=O)c2c(O)c3c(cc2o1)O[C@@]1(C)CCSSCC2=C(N)NCC=C2C2C=C(C=C(N)N2)CC[C@H]2O[C@@]24CCCC[C@H]3[C@H]1OC4=O. The van der Waals surface area contributed by atoms with Crippen molar-refractivity contribution in [2.24, 2.45) is 11.5 Å². The summed E-state index contributed by atoms with van der Waals surface area (Å²) in [6.45, 7) is 4.33. The smallest absolute Gasteiger partial charge is 0.341 e. The number of allylic oxidation sites excluding steroid dienone is 2. The Bertz CT molecular complexity index is 1920. The van der Waals surface area contributed by atoms with E-state index in [0.29, 0.717) is 78.9 Å². The van der Waals surface area contributed by atoms with E-state index in [9.17, 15) is 14.7 Å². The van der Waals surface area contributed by atoms with Crippen LogP contribution < -0.4 is 32.3 Å². The number of nitrogens with one attached hydrogen (secondary N) is 2. The molecule has 1 aromatic carbocycles. The number of esters is 1. The van der Waals surface area contributed by atoms with Gasteiger partial charge in [0.15, 0.2) is 11.0 Å². The predicted molar refractivity (Wildman–Crippen MR) is 190 cm³/mol. The zero-order chi connectivity index (χ0) is 34.1. The average Bonchev–Trinajstić information content (AvgIpc) is 3.75. The van der Waals surface area contributed by atoms with Gasteiger partial charge in [0, 0.05) is 53.7 Å². The van der Waals surface area contributed by atoms with Crippen LogP contribution in [0.4, 0.5) is 0 Å². The number of hydrogen-bond donors (Lipinski definition) is 5. The number of nitrogens with two attached hydrogens (primary N) is 2. The van der Waals surface area contributed by atoms with Crippen LogP contribution in [0.15, 0.2) is 67.9 Å². The minimum Gasteiger partial charge on any atom is -0.507 e. The molecule has 6 aliphatic heterocycles. The second-order valence-electron chi connectivity index (χ2n) is 14.1. The molecule has 4 bridgehead atoms. The molecule has 7 N–H and O–H groups in total. The Morgan fingerprint density at radius 2 is 1.96 bits per heavy atom. The molecule has 8 rings (SSSR count). The monoisotopic (exact) mass is 706 g/mol. The van der Waals surface area contributed by atoms with E-state index < -0.39 is 23.2 Å². The molecule has 6 aliphatic rings. The van der Waals surface area contributed by atoms with Crippen LogP contribution in [0, 0.1) is 6.92 Å². The Balaban J connectivity index is 1.18. The van der Waals surface area contributed by atoms with Crippen molar-refractivity contribution in [3.05, 3.63) is 80.3 Å². The molecule has 0 aliphatic carbocycles. The van der Waals surface area contributed by atoms with Crippen molar-refractivity contribution in [1.82, 2.24) is 10.6 Å². The van der Waals surface area contributed by atoms with Crippen molar-refractivity contribution in [3.63, 3.8) is 0 Å². The van der Waals surface area contributed by atoms with Gasteiger partial charge in [-0.3, -0.25) is 4.79 Å². The summed E-state index contributed by atoms with van der Waals surface area (Å²) in [6.07, 6.45) is 9.93. The highest BCUT2D eigenvalue weighted by atomic mass is 33.1. The largest absolute Gasteiger partial charge is 0.507 e. The van der Waals surface area contributed by atoms with Gasteiger partial charge in [-0.15, -0.1) is 0 Å². The van der Waals surface area contributed by atoms with Crippen LogP contribution >= 0.6 is 21.6 Å². The fraction of sp³-hybridized carbons (Fsp3) is 0.500. The number of carbonyl (C=O) groups is 1. The summed E-state index contributed by atoms with van der Waals surface area (Å²) in [5.74, 6) is 2.58. The normalized spacial score (nSPS) is 33.1. The van der Waals surface area contributed by atoms with Gasteiger partial charge in [0.1, 0.15) is 45.8 Å². The number of rotatable bonds is 0. The number of epoxide rings is 1. The lowest BCUT2D eigenvalue weighted by Crippen LogP contribution is -2.54. The Morgan fingerprint density at radius 1 is 1.10 bits per heavy atom. The minimum absolute atomic E-state index is 0.111. The van der Waals surface area contributed by atoms with Crippen LogP contribution in [-0.4, -0.2) is 58.6 Å². The van der Waals surface area contributed by atoms with Crippen molar-refractivity contribution in [2.45, 2.75) is 94.2 Å². The number of benzene rings is 1. The van der Waals surface area contributed by atoms with Gasteiger partial charge in [-0.05, 0) is 63.2 Å². The number of dihydropyridines is 2. The molecular formula is C36H42N4O7S2. The Morgan fingerprint density at radius 3 is 2.82 bits per heavy atom. The molecular weight excluding hydrogens is 665 g/mol. The quantitative estimate of drug-likeness (QED) is 0.146. The molecule has 2 saturated heterocycles. The standard InChI is InChI=1S/C36H42N4O7S2/c1-18-13-24(41)30-25(44-18)16-26-29(31(30)42)21-5-3-4-9-36-27(47-36)7-6-19-14-23(40-28(37)15-19)20-8-11-39-33(38)22(20)17-49-48-12-10-35(2,46-26)32(21)45-34(36)43/h8,13-16,21,23,27,32,39-40,42H,3-7,9-12,17,37-38H2,1-2H3/t21-,23?,27-,32-,35+,36+/m1/s1. The van der Waals surface area contributed by atoms with Gasteiger partial charge in [0.25, 0.3) is 0 Å². The van der Waals surface area contributed by atoms with Gasteiger partial charge in [0.05, 0.1) is 18.0 Å². The summed E-state index contributed by atoms with van der Waals surface area (Å²) in [7, 11) is 3.41. The second-order valence-corrected chi connectivity index (χ2v) is 16.7. The zero-order valence-electron chi connectivity index (χ0n) is 27.6. The van der Waals surface area contributed by atoms with Gasteiger partial charge >= 0.3 is 5.97 Å². The third-order valence-corrected chi connectivity index (χ3v) is 13.1. The van der Waals surface area contributed by atoms with Crippen LogP contribution in [0.1, 0.15) is 69.1 Å². The Hall–Kier alpha value is -3.68. The summed E-state index contributed by atoms with van der Waals surface area (Å²) < 4.78 is 25.5. The Labute approximate surface area is 292 Å². The number of carbonyl (C=O) groups excluding carboxylic acids is 1. The van der Waals surface area contributed by atoms with Crippen LogP contribution in [-0.2, 0) is 14.3 Å². The van der Waals surface area contributed by atoms with E-state index >= 15 is 0 Å². The first kappa shape index (κ1) is 32.5. The number of ether oxygens (including phenoxy) is 3. The number of phenolic OH excluding ortho intramolecular Hbond substituents is 1. The second kappa shape index (κ2) is 12.3. The highest BCUT2D eigenvalue weighted by molar-refractivity contribution is 8.76. The molecule has 2 fully saturated rings. The van der Waals surface area contributed by atoms with E-state index in [2.05, 4.69) is 22.8 Å². The van der Waals surface area contributed by atoms with Gasteiger partial charge in [-0.25, -0.2) is 4.79 Å². The highest BCUT2D eigenvalue weighted by Gasteiger charge is 2.64. The van der Waals surface area contributed by atoms with Gasteiger partial charge < -0.3 is 45.8 Å². The first-order chi connectivity index (χ1) is 23.6. The molecule has 7 heterocycles. The lowest BCUT2D eigenvalue weighted by Gasteiger charge is -2.46. The molecule has 11 nitrogen and oxygen atoms in total. The van der Waals surface area contributed by atoms with Crippen molar-refractivity contribution in [3.8, 4) is 11.5 Å². The molecule has 260 valence electrons. The van der Waals surface area contributed by atoms with Crippen LogP contribution in [0.3, 0.4) is 0 Å². The fourth-order valence-electron chi connectivity index (χ4n) is 8.30. The van der Waals surface area contributed by atoms with Crippen LogP contribution in [0.2, 0.25) is 0 Å². The molecule has 1 unspecified atom stereocenters. The molecule has 2 aromatic rings. The molecule has 13 heteroatoms. The zero-order valence-corrected chi connectivity index (χ0v) is 29.3. The molecule has 49 heavy (non-hydrogen) atoms. The molecule has 0 saturated carbocycles. The lowest BCUT2D eigenvalue weighted by atomic mass is 9.76. The highest BCUT2D eigenvalue weighted by Crippen LogP contribution is 2.55. The lowest BCUT2D eigenvalue weighted by molar-refractivity contribution is -0.172. The fourth-order valence-corrected chi connectivity index (χ4v) is 10.6. The molecule has 1 aromatic heterocycles. The average molecular weight is 707 g/mol. The van der Waals surface area contributed by atoms with E-state index in [-0.39, 0.29) is 40.3 Å². The van der Waals surface area contributed by atoms with E-state index in [1.807, 2.05) is 13.0 Å². The minimum atomic E-state index is -1.03. The number of phenols is 1. The van der Waals surface area contributed by atoms with Gasteiger partial charge in [-0.1, -0.05) is 40.2 Å². The predicted octanol–water partition coefficient (Wildman–Crippen LogP) is 4.63. The topological polar surface area (TPSA) is 175 Å². The molecule has 6 atom stereocenters. The van der Waals surface area contributed by atoms with E-state index in [1.165, 1.54) is 6.07 Å². The van der Waals surface area contributed by atoms with Crippen LogP contribution in [0.25, 0.3) is 11.0 Å². The Kier molecular flexibility index (Phi) is 8.15. The molecule has 0 amide bonds. The first-order valence-corrected chi connectivity index (χ1v) is 19.5. The molecule has 0 radical (unpaired) electrons. The van der Waals surface area contributed by atoms with Crippen molar-refractivity contribution in [1.29, 1.82) is 0 Å². The van der Waals surface area contributed by atoms with Crippen molar-refractivity contribution < 1.29 is 28.5 Å².